The first-order valence-corrected chi connectivity index (χ1v) is 15.4. The third kappa shape index (κ3) is 27.3. The molecule has 17 heteroatoms. The van der Waals surface area contributed by atoms with Crippen LogP contribution < -0.4 is 28.7 Å². The normalized spacial score (nSPS) is 13.6. The summed E-state index contributed by atoms with van der Waals surface area (Å²) in [7, 11) is 0. The summed E-state index contributed by atoms with van der Waals surface area (Å²) in [5.41, 5.74) is 27.7. The van der Waals surface area contributed by atoms with Gasteiger partial charge in [-0.15, -0.1) is 0 Å². The fourth-order valence-electron chi connectivity index (χ4n) is 3.11. The predicted molar refractivity (Wildman–Crippen MR) is 186 cm³/mol. The Morgan fingerprint density at radius 1 is 0.580 bits per heavy atom. The number of aliphatic carboxylic acids is 5. The Labute approximate surface area is 291 Å². The summed E-state index contributed by atoms with van der Waals surface area (Å²) in [6, 6.07) is 11.5. The second-order valence-corrected chi connectivity index (χ2v) is 11.4. The highest BCUT2D eigenvalue weighted by Gasteiger charge is 2.17. The maximum Gasteiger partial charge on any atom is 0.322 e. The van der Waals surface area contributed by atoms with Gasteiger partial charge in [0.25, 0.3) is 0 Å². The average molecular weight is 714 g/mol. The van der Waals surface area contributed by atoms with Gasteiger partial charge in [-0.1, -0.05) is 76.6 Å². The van der Waals surface area contributed by atoms with E-state index in [-0.39, 0.29) is 18.1 Å². The van der Waals surface area contributed by atoms with Crippen molar-refractivity contribution in [2.75, 3.05) is 6.61 Å². The predicted octanol–water partition coefficient (Wildman–Crippen LogP) is 0.267. The number of hydrogen-bond acceptors (Lipinski definition) is 12. The Bertz CT molecular complexity index is 1250. The number of phenolic OH excluding ortho intramolecular Hbond substituents is 1. The van der Waals surface area contributed by atoms with Gasteiger partial charge in [-0.05, 0) is 54.4 Å². The van der Waals surface area contributed by atoms with Crippen molar-refractivity contribution in [2.24, 2.45) is 40.5 Å². The molecule has 50 heavy (non-hydrogen) atoms. The van der Waals surface area contributed by atoms with E-state index in [0.29, 0.717) is 18.8 Å². The molecule has 0 bridgehead atoms. The van der Waals surface area contributed by atoms with Gasteiger partial charge in [0.2, 0.25) is 0 Å². The lowest BCUT2D eigenvalue weighted by atomic mass is 10.0. The highest BCUT2D eigenvalue weighted by Crippen LogP contribution is 2.11. The lowest BCUT2D eigenvalue weighted by molar-refractivity contribution is -0.140. The van der Waals surface area contributed by atoms with Crippen LogP contribution in [0.3, 0.4) is 0 Å². The number of rotatable bonds is 14. The van der Waals surface area contributed by atoms with Gasteiger partial charge in [-0.3, -0.25) is 24.0 Å². The van der Waals surface area contributed by atoms with Crippen molar-refractivity contribution in [3.63, 3.8) is 0 Å². The van der Waals surface area contributed by atoms with E-state index in [1.807, 2.05) is 58.0 Å². The van der Waals surface area contributed by atoms with Crippen molar-refractivity contribution in [1.29, 1.82) is 0 Å². The summed E-state index contributed by atoms with van der Waals surface area (Å²) < 4.78 is 0. The minimum Gasteiger partial charge on any atom is -0.508 e. The number of carbonyl (C=O) groups is 5. The van der Waals surface area contributed by atoms with Crippen LogP contribution in [0, 0.1) is 11.8 Å². The molecule has 0 radical (unpaired) electrons. The number of aliphatic hydroxyl groups excluding tert-OH is 1. The highest BCUT2D eigenvalue weighted by atomic mass is 16.4. The molecule has 284 valence electrons. The van der Waals surface area contributed by atoms with E-state index in [0.717, 1.165) is 17.5 Å². The fourth-order valence-corrected chi connectivity index (χ4v) is 3.11. The molecule has 0 aliphatic carbocycles. The molecule has 0 spiro atoms. The Balaban J connectivity index is -0.000000563. The molecule has 0 aromatic heterocycles. The highest BCUT2D eigenvalue weighted by molar-refractivity contribution is 5.74. The third-order valence-corrected chi connectivity index (χ3v) is 6.42. The standard InChI is InChI=1S/C9H11NO3.C9H11NO2.2C6H13NO2.C3H7NO3/c10-8(9(12)13)5-6-1-3-7(11)4-2-6;10-8(9(11)12)6-7-4-2-1-3-5-7;1-4(2)3-5(7)6(8)9;1-3-4(2)5(7)6(8)9;4-2(1-5)3(6)7/h1-4,8,11H,5,10H2,(H,12,13);1-5,8H,6,10H2,(H,11,12);2*4-5H,3,7H2,1-2H3,(H,8,9);2,5H,1,4H2,(H,6,7). The Morgan fingerprint density at radius 3 is 1.20 bits per heavy atom. The van der Waals surface area contributed by atoms with Crippen LogP contribution in [0.4, 0.5) is 0 Å². The number of carboxylic acid groups (broad SMARTS) is 5. The SMILES string of the molecule is CC(C)CC(N)C(=O)O.CCC(C)C(N)C(=O)O.NC(CO)C(=O)O.NC(Cc1ccc(O)cc1)C(=O)O.NC(Cc1ccccc1)C(=O)O. The minimum absolute atomic E-state index is 0.0718. The number of carboxylic acids is 5. The lowest BCUT2D eigenvalue weighted by Crippen LogP contribution is -2.36. The second kappa shape index (κ2) is 28.2. The quantitative estimate of drug-likeness (QED) is 0.125. The molecule has 2 aromatic rings. The Hall–Kier alpha value is -4.65. The van der Waals surface area contributed by atoms with Crippen LogP contribution in [-0.4, -0.2) is 102 Å². The van der Waals surface area contributed by atoms with Crippen LogP contribution in [0.25, 0.3) is 0 Å². The summed E-state index contributed by atoms with van der Waals surface area (Å²) in [5, 5.41) is 58.6. The van der Waals surface area contributed by atoms with Crippen molar-refractivity contribution in [3.05, 3.63) is 65.7 Å². The molecule has 0 heterocycles. The maximum atomic E-state index is 10.4. The van der Waals surface area contributed by atoms with E-state index >= 15 is 0 Å². The number of nitrogens with two attached hydrogens (primary N) is 5. The zero-order chi connectivity index (χ0) is 39.6. The molecule has 0 fully saturated rings. The molecule has 6 atom stereocenters. The van der Waals surface area contributed by atoms with Crippen molar-refractivity contribution >= 4 is 29.8 Å². The van der Waals surface area contributed by atoms with E-state index in [1.165, 1.54) is 12.1 Å². The molecule has 0 aliphatic heterocycles. The molecule has 0 saturated heterocycles. The van der Waals surface area contributed by atoms with Crippen molar-refractivity contribution in [2.45, 2.75) is 83.6 Å². The average Bonchev–Trinajstić information content (AvgIpc) is 3.05. The molecule has 0 saturated carbocycles. The zero-order valence-corrected chi connectivity index (χ0v) is 28.8. The molecule has 0 amide bonds. The molecule has 17 N–H and O–H groups in total. The molecular weight excluding hydrogens is 658 g/mol. The smallest absolute Gasteiger partial charge is 0.322 e. The third-order valence-electron chi connectivity index (χ3n) is 6.42. The van der Waals surface area contributed by atoms with E-state index < -0.39 is 66.7 Å². The first-order valence-electron chi connectivity index (χ1n) is 15.4. The van der Waals surface area contributed by atoms with E-state index in [4.69, 9.17) is 64.4 Å². The summed E-state index contributed by atoms with van der Waals surface area (Å²) in [6.07, 6.45) is 2.02. The first kappa shape index (κ1) is 49.7. The number of aromatic hydroxyl groups is 1. The molecule has 2 rings (SSSR count). The van der Waals surface area contributed by atoms with Gasteiger partial charge >= 0.3 is 29.8 Å². The number of aliphatic hydroxyl groups is 1. The number of phenols is 1. The van der Waals surface area contributed by atoms with Crippen LogP contribution in [-0.2, 0) is 36.8 Å². The summed E-state index contributed by atoms with van der Waals surface area (Å²) in [6.45, 7) is 7.15. The van der Waals surface area contributed by atoms with Crippen LogP contribution in [0.1, 0.15) is 51.7 Å². The second-order valence-electron chi connectivity index (χ2n) is 11.4. The fraction of sp³-hybridized carbons (Fsp3) is 0.485. The topological polar surface area (TPSA) is 357 Å². The molecule has 17 nitrogen and oxygen atoms in total. The van der Waals surface area contributed by atoms with E-state index in [1.54, 1.807) is 12.1 Å². The van der Waals surface area contributed by atoms with Gasteiger partial charge in [0.15, 0.2) is 0 Å². The largest absolute Gasteiger partial charge is 0.508 e. The molecule has 0 aliphatic rings. The number of benzene rings is 2. The van der Waals surface area contributed by atoms with Gasteiger partial charge in [0.1, 0.15) is 36.0 Å². The lowest BCUT2D eigenvalue weighted by Gasteiger charge is -2.11. The molecular formula is C33H55N5O12. The Morgan fingerprint density at radius 2 is 0.960 bits per heavy atom. The van der Waals surface area contributed by atoms with Gasteiger partial charge in [-0.2, -0.15) is 0 Å². The van der Waals surface area contributed by atoms with Crippen molar-refractivity contribution < 1.29 is 59.7 Å². The summed E-state index contributed by atoms with van der Waals surface area (Å²) in [5.74, 6) is -4.39. The van der Waals surface area contributed by atoms with E-state index in [9.17, 15) is 24.0 Å². The van der Waals surface area contributed by atoms with Crippen LogP contribution >= 0.6 is 0 Å². The summed E-state index contributed by atoms with van der Waals surface area (Å²) in [4.78, 5) is 50.7. The van der Waals surface area contributed by atoms with E-state index in [2.05, 4.69) is 0 Å². The summed E-state index contributed by atoms with van der Waals surface area (Å²) >= 11 is 0. The number of hydrogen-bond donors (Lipinski definition) is 12. The van der Waals surface area contributed by atoms with Gasteiger partial charge in [-0.25, -0.2) is 0 Å². The zero-order valence-electron chi connectivity index (χ0n) is 28.8. The Kier molecular flexibility index (Phi) is 28.1. The first-order chi connectivity index (χ1) is 23.1. The van der Waals surface area contributed by atoms with Gasteiger partial charge in [0.05, 0.1) is 6.61 Å². The van der Waals surface area contributed by atoms with Gasteiger partial charge < -0.3 is 64.4 Å². The van der Waals surface area contributed by atoms with Crippen molar-refractivity contribution in [3.8, 4) is 5.75 Å². The molecule has 6 unspecified atom stereocenters. The minimum atomic E-state index is -1.18. The monoisotopic (exact) mass is 713 g/mol. The maximum absolute atomic E-state index is 10.4. The van der Waals surface area contributed by atoms with Crippen molar-refractivity contribution in [1.82, 2.24) is 0 Å². The van der Waals surface area contributed by atoms with Gasteiger partial charge in [0, 0.05) is 0 Å². The van der Waals surface area contributed by atoms with Crippen LogP contribution in [0.5, 0.6) is 5.75 Å². The molecule has 2 aromatic carbocycles. The van der Waals surface area contributed by atoms with Crippen LogP contribution in [0.2, 0.25) is 0 Å². The van der Waals surface area contributed by atoms with Crippen LogP contribution in [0.15, 0.2) is 54.6 Å².